The maximum atomic E-state index is 12.1. The maximum absolute atomic E-state index is 12.1. The van der Waals surface area contributed by atoms with Gasteiger partial charge in [-0.1, -0.05) is 0 Å². The van der Waals surface area contributed by atoms with E-state index in [9.17, 15) is 9.59 Å². The van der Waals surface area contributed by atoms with E-state index in [2.05, 4.69) is 27.1 Å². The summed E-state index contributed by atoms with van der Waals surface area (Å²) in [7, 11) is 0. The molecule has 8 nitrogen and oxygen atoms in total. The summed E-state index contributed by atoms with van der Waals surface area (Å²) < 4.78 is 8.60. The second-order valence-corrected chi connectivity index (χ2v) is 8.03. The zero-order chi connectivity index (χ0) is 17.8. The van der Waals surface area contributed by atoms with Crippen LogP contribution >= 0.6 is 0 Å². The van der Waals surface area contributed by atoms with Gasteiger partial charge in [0.1, 0.15) is 0 Å². The van der Waals surface area contributed by atoms with Crippen molar-refractivity contribution in [1.29, 1.82) is 0 Å². The normalized spacial score (nSPS) is 22.5. The molecule has 1 N–H and O–H groups in total. The van der Waals surface area contributed by atoms with E-state index in [0.29, 0.717) is 12.0 Å². The van der Waals surface area contributed by atoms with Crippen molar-refractivity contribution in [3.63, 3.8) is 0 Å². The quantitative estimate of drug-likeness (QED) is 0.349. The van der Waals surface area contributed by atoms with Crippen LogP contribution in [-0.4, -0.2) is 36.7 Å². The van der Waals surface area contributed by atoms with Crippen LogP contribution in [0.25, 0.3) is 10.4 Å². The molecule has 0 spiro atoms. The number of ether oxygens (including phenoxy) is 1. The first-order valence-electron chi connectivity index (χ1n) is 7.78. The van der Waals surface area contributed by atoms with Crippen molar-refractivity contribution in [2.24, 2.45) is 5.11 Å². The Labute approximate surface area is 149 Å². The molecule has 25 heavy (non-hydrogen) atoms. The molecule has 0 radical (unpaired) electrons. The zero-order valence-electron chi connectivity index (χ0n) is 13.5. The number of H-pyrrole nitrogens is 1. The Morgan fingerprint density at radius 2 is 2.16 bits per heavy atom. The topological polar surface area (TPSA) is 113 Å². The van der Waals surface area contributed by atoms with Crippen LogP contribution in [0.3, 0.4) is 0 Å². The van der Waals surface area contributed by atoms with E-state index in [4.69, 9.17) is 10.3 Å². The van der Waals surface area contributed by atoms with E-state index in [1.807, 2.05) is 18.2 Å². The number of nitrogens with one attached hydrogen (secondary N) is 1. The van der Waals surface area contributed by atoms with Crippen LogP contribution < -0.4 is 15.7 Å². The van der Waals surface area contributed by atoms with E-state index in [1.54, 1.807) is 6.92 Å². The van der Waals surface area contributed by atoms with E-state index < -0.39 is 17.5 Å². The number of aryl methyl sites for hydroxylation is 1. The molecular formula is C16H17N5O3Se. The van der Waals surface area contributed by atoms with Gasteiger partial charge in [0.15, 0.2) is 0 Å². The third kappa shape index (κ3) is 4.03. The van der Waals surface area contributed by atoms with Crippen LogP contribution in [0.5, 0.6) is 0 Å². The number of hydrogen-bond acceptors (Lipinski definition) is 4. The van der Waals surface area contributed by atoms with Gasteiger partial charge in [0, 0.05) is 0 Å². The second-order valence-electron chi connectivity index (χ2n) is 5.74. The Balaban J connectivity index is 1.78. The number of hydrogen-bond donors (Lipinski definition) is 1. The van der Waals surface area contributed by atoms with Gasteiger partial charge >= 0.3 is 149 Å². The molecule has 0 bridgehead atoms. The van der Waals surface area contributed by atoms with Gasteiger partial charge in [-0.25, -0.2) is 0 Å². The van der Waals surface area contributed by atoms with Crippen molar-refractivity contribution in [2.45, 2.75) is 37.0 Å². The van der Waals surface area contributed by atoms with Gasteiger partial charge in [-0.2, -0.15) is 0 Å². The van der Waals surface area contributed by atoms with Crippen LogP contribution in [0, 0.1) is 6.92 Å². The number of aromatic nitrogens is 2. The molecule has 1 aromatic carbocycles. The summed E-state index contributed by atoms with van der Waals surface area (Å²) in [5.74, 6) is 0. The SMILES string of the molecule is Cc1cn([C@H]2CC(N=[N+]=[N-])[C@@H](C[Se]c3ccccc3)O2)c(=O)[nH]c1=O. The minimum atomic E-state index is -0.546. The van der Waals surface area contributed by atoms with Crippen LogP contribution in [0.2, 0.25) is 5.32 Å². The van der Waals surface area contributed by atoms with Crippen molar-refractivity contribution in [1.82, 2.24) is 9.55 Å². The Hall–Kier alpha value is -2.31. The molecule has 1 aromatic heterocycles. The predicted molar refractivity (Wildman–Crippen MR) is 94.2 cm³/mol. The summed E-state index contributed by atoms with van der Waals surface area (Å²) in [5.41, 5.74) is 8.32. The molecule has 9 heteroatoms. The fourth-order valence-electron chi connectivity index (χ4n) is 2.72. The van der Waals surface area contributed by atoms with Crippen molar-refractivity contribution in [2.75, 3.05) is 0 Å². The molecule has 3 atom stereocenters. The minimum absolute atomic E-state index is 0.177. The number of aromatic amines is 1. The first-order chi connectivity index (χ1) is 12.1. The number of nitrogens with zero attached hydrogens (tertiary/aromatic N) is 4. The summed E-state index contributed by atoms with van der Waals surface area (Å²) in [5, 5.41) is 4.59. The van der Waals surface area contributed by atoms with E-state index in [-0.39, 0.29) is 27.1 Å². The van der Waals surface area contributed by atoms with Crippen LogP contribution in [0.4, 0.5) is 0 Å². The van der Waals surface area contributed by atoms with Gasteiger partial charge in [0.2, 0.25) is 0 Å². The third-order valence-corrected chi connectivity index (χ3v) is 6.33. The molecule has 1 aliphatic rings. The standard InChI is InChI=1S/C16H17N5O3Se/c1-10-8-21(16(23)18-15(10)22)14-7-12(19-20-17)13(24-14)9-25-11-5-3-2-4-6-11/h2-6,8,12-14H,7,9H2,1H3,(H,18,22,23)/t12?,13-,14-/m1/s1. The van der Waals surface area contributed by atoms with Crippen molar-refractivity contribution < 1.29 is 4.74 Å². The molecule has 0 saturated carbocycles. The van der Waals surface area contributed by atoms with Gasteiger partial charge < -0.3 is 0 Å². The monoisotopic (exact) mass is 407 g/mol. The fourth-order valence-corrected chi connectivity index (χ4v) is 4.83. The summed E-state index contributed by atoms with van der Waals surface area (Å²) in [4.78, 5) is 28.8. The second kappa shape index (κ2) is 7.72. The zero-order valence-corrected chi connectivity index (χ0v) is 15.2. The number of benzene rings is 1. The van der Waals surface area contributed by atoms with Crippen LogP contribution in [0.15, 0.2) is 51.2 Å². The Morgan fingerprint density at radius 3 is 2.88 bits per heavy atom. The Kier molecular flexibility index (Phi) is 5.40. The van der Waals surface area contributed by atoms with Crippen molar-refractivity contribution in [3.8, 4) is 0 Å². The van der Waals surface area contributed by atoms with Gasteiger partial charge in [0.25, 0.3) is 0 Å². The van der Waals surface area contributed by atoms with E-state index in [1.165, 1.54) is 15.2 Å². The molecular weight excluding hydrogens is 389 g/mol. The van der Waals surface area contributed by atoms with Crippen LogP contribution in [-0.2, 0) is 4.74 Å². The average Bonchev–Trinajstić information content (AvgIpc) is 3.00. The molecule has 2 aromatic rings. The first kappa shape index (κ1) is 17.5. The summed E-state index contributed by atoms with van der Waals surface area (Å²) in [6.45, 7) is 1.63. The number of rotatable bonds is 5. The molecule has 1 aliphatic heterocycles. The summed E-state index contributed by atoms with van der Waals surface area (Å²) in [6, 6.07) is 9.73. The van der Waals surface area contributed by atoms with Crippen molar-refractivity contribution >= 4 is 19.4 Å². The molecule has 0 aliphatic carbocycles. The molecule has 1 unspecified atom stereocenters. The molecule has 130 valence electrons. The summed E-state index contributed by atoms with van der Waals surface area (Å²) >= 11 is 0.177. The van der Waals surface area contributed by atoms with E-state index >= 15 is 0 Å². The predicted octanol–water partition coefficient (Wildman–Crippen LogP) is 1.26. The van der Waals surface area contributed by atoms with Gasteiger partial charge in [-0.15, -0.1) is 0 Å². The van der Waals surface area contributed by atoms with E-state index in [0.717, 1.165) is 5.32 Å². The third-order valence-electron chi connectivity index (χ3n) is 4.02. The van der Waals surface area contributed by atoms with Crippen molar-refractivity contribution in [3.05, 3.63) is 73.4 Å². The Morgan fingerprint density at radius 1 is 1.40 bits per heavy atom. The Bertz CT molecular complexity index is 904. The fraction of sp³-hybridized carbons (Fsp3) is 0.375. The molecule has 0 amide bonds. The molecule has 1 saturated heterocycles. The van der Waals surface area contributed by atoms with Gasteiger partial charge in [0.05, 0.1) is 0 Å². The first-order valence-corrected chi connectivity index (χ1v) is 9.85. The molecule has 3 rings (SSSR count). The van der Waals surface area contributed by atoms with Gasteiger partial charge in [-0.3, -0.25) is 0 Å². The average molecular weight is 406 g/mol. The molecule has 1 fully saturated rings. The van der Waals surface area contributed by atoms with Gasteiger partial charge in [-0.05, 0) is 0 Å². The van der Waals surface area contributed by atoms with Crippen LogP contribution in [0.1, 0.15) is 18.2 Å². The summed E-state index contributed by atoms with van der Waals surface area (Å²) in [6.07, 6.45) is 1.10. The number of azide groups is 1. The molecule has 2 heterocycles.